The summed E-state index contributed by atoms with van der Waals surface area (Å²) in [6, 6.07) is 0. The summed E-state index contributed by atoms with van der Waals surface area (Å²) in [5.41, 5.74) is -0.141. The zero-order valence-corrected chi connectivity index (χ0v) is 19.2. The van der Waals surface area contributed by atoms with Crippen molar-refractivity contribution in [2.75, 3.05) is 18.5 Å². The fraction of sp³-hybridized carbons (Fsp3) is 0.632. The average molecular weight is 421 g/mol. The molecule has 0 saturated carbocycles. The van der Waals surface area contributed by atoms with Crippen LogP contribution >= 0.6 is 0 Å². The fourth-order valence-corrected chi connectivity index (χ4v) is 3.70. The molecule has 0 saturated heterocycles. The Balaban J connectivity index is 2.00. The summed E-state index contributed by atoms with van der Waals surface area (Å²) in [6.45, 7) is 14.3. The molecule has 0 spiro atoms. The van der Waals surface area contributed by atoms with Gasteiger partial charge in [0, 0.05) is 32.0 Å². The first-order chi connectivity index (χ1) is 13.6. The summed E-state index contributed by atoms with van der Waals surface area (Å²) in [7, 11) is -1.74. The van der Waals surface area contributed by atoms with E-state index in [-0.39, 0.29) is 22.4 Å². The minimum atomic E-state index is -1.74. The van der Waals surface area contributed by atoms with E-state index in [9.17, 15) is 10.1 Å². The molecule has 0 aliphatic heterocycles. The summed E-state index contributed by atoms with van der Waals surface area (Å²) in [5.74, 6) is 1.16. The number of aryl methyl sites for hydroxylation is 1. The van der Waals surface area contributed by atoms with E-state index >= 15 is 0 Å². The van der Waals surface area contributed by atoms with E-state index < -0.39 is 13.2 Å². The number of unbranched alkanes of at least 4 members (excludes halogenated alkanes) is 1. The lowest BCUT2D eigenvalue weighted by Gasteiger charge is -2.36. The maximum atomic E-state index is 11.7. The normalized spacial score (nSPS) is 12.2. The summed E-state index contributed by atoms with van der Waals surface area (Å²) < 4.78 is 7.81. The first-order valence-electron chi connectivity index (χ1n) is 9.98. The van der Waals surface area contributed by atoms with Crippen LogP contribution in [0.4, 0.5) is 11.5 Å². The Morgan fingerprint density at radius 3 is 2.59 bits per heavy atom. The molecule has 0 radical (unpaired) electrons. The van der Waals surface area contributed by atoms with E-state index in [2.05, 4.69) is 54.1 Å². The molecule has 0 bridgehead atoms. The van der Waals surface area contributed by atoms with Gasteiger partial charge in [0.2, 0.25) is 11.6 Å². The van der Waals surface area contributed by atoms with Crippen molar-refractivity contribution >= 4 is 19.8 Å². The molecular formula is C19H32N6O3Si. The minimum Gasteiger partial charge on any atom is -0.417 e. The lowest BCUT2D eigenvalue weighted by molar-refractivity contribution is -0.384. The van der Waals surface area contributed by atoms with Crippen molar-refractivity contribution in [2.24, 2.45) is 0 Å². The summed E-state index contributed by atoms with van der Waals surface area (Å²) >= 11 is 0. The summed E-state index contributed by atoms with van der Waals surface area (Å²) in [5, 5.41) is 15.0. The van der Waals surface area contributed by atoms with E-state index in [0.717, 1.165) is 12.8 Å². The lowest BCUT2D eigenvalue weighted by Crippen LogP contribution is -2.41. The first kappa shape index (κ1) is 23.0. The first-order valence-corrected chi connectivity index (χ1v) is 12.9. The monoisotopic (exact) mass is 420 g/mol. The standard InChI is InChI=1S/C19H32N6O3Si/c1-7-15-20-11-12-24(15)18-16(25(26)27)17(22-14-23-18)21-10-8-9-13-28-29(5,6)19(2,3)4/h11-12,14H,7-10,13H2,1-6H3,(H,21,22,23). The van der Waals surface area contributed by atoms with Crippen molar-refractivity contribution in [2.45, 2.75) is 65.1 Å². The highest BCUT2D eigenvalue weighted by Crippen LogP contribution is 2.36. The number of hydrogen-bond donors (Lipinski definition) is 1. The SMILES string of the molecule is CCc1nccn1-c1ncnc(NCCCCO[Si](C)(C)C(C)(C)C)c1[N+](=O)[O-]. The molecule has 2 rings (SSSR count). The minimum absolute atomic E-state index is 0.141. The van der Waals surface area contributed by atoms with Gasteiger partial charge in [-0.25, -0.2) is 15.0 Å². The Labute approximate surface area is 173 Å². The topological polar surface area (TPSA) is 108 Å². The Bertz CT molecular complexity index is 832. The van der Waals surface area contributed by atoms with Gasteiger partial charge in [-0.1, -0.05) is 27.7 Å². The highest BCUT2D eigenvalue weighted by Gasteiger charge is 2.36. The fourth-order valence-electron chi connectivity index (χ4n) is 2.61. The van der Waals surface area contributed by atoms with Crippen LogP contribution in [0.3, 0.4) is 0 Å². The van der Waals surface area contributed by atoms with Crippen molar-refractivity contribution in [1.29, 1.82) is 0 Å². The van der Waals surface area contributed by atoms with Crippen LogP contribution in [0, 0.1) is 10.1 Å². The van der Waals surface area contributed by atoms with Crippen LogP contribution in [0.1, 0.15) is 46.4 Å². The molecule has 0 fully saturated rings. The summed E-state index contributed by atoms with van der Waals surface area (Å²) in [6.07, 6.45) is 6.98. The zero-order valence-electron chi connectivity index (χ0n) is 18.2. The predicted octanol–water partition coefficient (Wildman–Crippen LogP) is 4.35. The van der Waals surface area contributed by atoms with Crippen molar-refractivity contribution in [3.8, 4) is 5.82 Å². The van der Waals surface area contributed by atoms with Gasteiger partial charge in [-0.2, -0.15) is 0 Å². The molecule has 9 nitrogen and oxygen atoms in total. The largest absolute Gasteiger partial charge is 0.417 e. The molecule has 1 N–H and O–H groups in total. The van der Waals surface area contributed by atoms with Gasteiger partial charge in [-0.3, -0.25) is 14.7 Å². The molecule has 0 aliphatic rings. The number of hydrogen-bond acceptors (Lipinski definition) is 7. The Kier molecular flexibility index (Phi) is 7.47. The number of anilines is 1. The van der Waals surface area contributed by atoms with E-state index in [1.165, 1.54) is 6.33 Å². The number of rotatable bonds is 10. The van der Waals surface area contributed by atoms with Crippen molar-refractivity contribution in [1.82, 2.24) is 19.5 Å². The van der Waals surface area contributed by atoms with Gasteiger partial charge in [-0.15, -0.1) is 0 Å². The number of nitrogens with zero attached hydrogens (tertiary/aromatic N) is 5. The van der Waals surface area contributed by atoms with Gasteiger partial charge in [-0.05, 0) is 31.0 Å². The molecule has 160 valence electrons. The smallest absolute Gasteiger partial charge is 0.354 e. The second-order valence-corrected chi connectivity index (χ2v) is 13.3. The van der Waals surface area contributed by atoms with Crippen LogP contribution in [0.5, 0.6) is 0 Å². The number of imidazole rings is 1. The molecule has 0 unspecified atom stereocenters. The molecule has 0 aromatic carbocycles. The average Bonchev–Trinajstić information content (AvgIpc) is 3.11. The molecule has 0 aliphatic carbocycles. The van der Waals surface area contributed by atoms with Gasteiger partial charge in [0.25, 0.3) is 0 Å². The van der Waals surface area contributed by atoms with Crippen LogP contribution in [0.15, 0.2) is 18.7 Å². The molecule has 2 aromatic heterocycles. The van der Waals surface area contributed by atoms with Crippen molar-refractivity contribution < 1.29 is 9.35 Å². The maximum absolute atomic E-state index is 11.7. The van der Waals surface area contributed by atoms with Crippen LogP contribution in [0.25, 0.3) is 5.82 Å². The van der Waals surface area contributed by atoms with Crippen molar-refractivity contribution in [3.63, 3.8) is 0 Å². The van der Waals surface area contributed by atoms with Gasteiger partial charge in [0.15, 0.2) is 8.32 Å². The third-order valence-corrected chi connectivity index (χ3v) is 9.92. The Morgan fingerprint density at radius 1 is 1.24 bits per heavy atom. The molecule has 0 amide bonds. The zero-order chi connectivity index (χ0) is 21.7. The molecule has 0 atom stereocenters. The van der Waals surface area contributed by atoms with Crippen LogP contribution in [-0.4, -0.2) is 45.9 Å². The second kappa shape index (κ2) is 9.44. The second-order valence-electron chi connectivity index (χ2n) is 8.46. The predicted molar refractivity (Wildman–Crippen MR) is 116 cm³/mol. The van der Waals surface area contributed by atoms with Gasteiger partial charge in [0.05, 0.1) is 4.92 Å². The maximum Gasteiger partial charge on any atom is 0.354 e. The Hall–Kier alpha value is -2.33. The highest BCUT2D eigenvalue weighted by molar-refractivity contribution is 6.74. The highest BCUT2D eigenvalue weighted by atomic mass is 28.4. The molecular weight excluding hydrogens is 388 g/mol. The molecule has 29 heavy (non-hydrogen) atoms. The van der Waals surface area contributed by atoms with Gasteiger partial charge in [0.1, 0.15) is 12.2 Å². The number of nitro groups is 1. The van der Waals surface area contributed by atoms with E-state index in [1.54, 1.807) is 17.0 Å². The van der Waals surface area contributed by atoms with E-state index in [0.29, 0.717) is 25.4 Å². The van der Waals surface area contributed by atoms with Crippen molar-refractivity contribution in [3.05, 3.63) is 34.7 Å². The van der Waals surface area contributed by atoms with Crippen LogP contribution in [-0.2, 0) is 10.8 Å². The van der Waals surface area contributed by atoms with E-state index in [4.69, 9.17) is 4.43 Å². The lowest BCUT2D eigenvalue weighted by atomic mass is 10.2. The van der Waals surface area contributed by atoms with Gasteiger partial charge >= 0.3 is 5.69 Å². The molecule has 2 heterocycles. The van der Waals surface area contributed by atoms with Crippen LogP contribution in [0.2, 0.25) is 18.1 Å². The van der Waals surface area contributed by atoms with Gasteiger partial charge < -0.3 is 9.74 Å². The van der Waals surface area contributed by atoms with Crippen LogP contribution < -0.4 is 5.32 Å². The third-order valence-electron chi connectivity index (χ3n) is 5.38. The van der Waals surface area contributed by atoms with E-state index in [1.807, 2.05) is 6.92 Å². The quantitative estimate of drug-likeness (QED) is 0.263. The number of nitrogens with one attached hydrogen (secondary N) is 1. The molecule has 2 aromatic rings. The number of aromatic nitrogens is 4. The molecule has 10 heteroatoms. The summed E-state index contributed by atoms with van der Waals surface area (Å²) in [4.78, 5) is 23.7. The Morgan fingerprint density at radius 2 is 1.97 bits per heavy atom. The third kappa shape index (κ3) is 5.60.